The van der Waals surface area contributed by atoms with Crippen LogP contribution in [0.5, 0.6) is 0 Å². The number of benzene rings is 2. The SMILES string of the molecule is Sc1ccc2[nH]c(-c3ccccc3)cc2c1. The van der Waals surface area contributed by atoms with E-state index in [9.17, 15) is 0 Å². The van der Waals surface area contributed by atoms with Crippen molar-refractivity contribution in [2.75, 3.05) is 0 Å². The Kier molecular flexibility index (Phi) is 2.22. The minimum atomic E-state index is 0.992. The lowest BCUT2D eigenvalue weighted by molar-refractivity contribution is 1.44. The van der Waals surface area contributed by atoms with Gasteiger partial charge in [0.15, 0.2) is 0 Å². The van der Waals surface area contributed by atoms with Crippen LogP contribution in [-0.4, -0.2) is 4.98 Å². The maximum atomic E-state index is 4.34. The van der Waals surface area contributed by atoms with Crippen molar-refractivity contribution >= 4 is 23.5 Å². The van der Waals surface area contributed by atoms with E-state index in [1.54, 1.807) is 0 Å². The molecule has 1 heterocycles. The van der Waals surface area contributed by atoms with Crippen LogP contribution in [-0.2, 0) is 0 Å². The number of aromatic amines is 1. The van der Waals surface area contributed by atoms with Crippen LogP contribution in [0.1, 0.15) is 0 Å². The molecule has 16 heavy (non-hydrogen) atoms. The first-order valence-electron chi connectivity index (χ1n) is 5.20. The Morgan fingerprint density at radius 1 is 0.875 bits per heavy atom. The van der Waals surface area contributed by atoms with Crippen LogP contribution in [0.4, 0.5) is 0 Å². The molecule has 0 spiro atoms. The molecule has 2 aromatic carbocycles. The van der Waals surface area contributed by atoms with Crippen molar-refractivity contribution in [2.24, 2.45) is 0 Å². The number of H-pyrrole nitrogens is 1. The molecule has 0 aliphatic heterocycles. The van der Waals surface area contributed by atoms with E-state index in [0.29, 0.717) is 0 Å². The van der Waals surface area contributed by atoms with E-state index in [0.717, 1.165) is 16.1 Å². The molecule has 0 unspecified atom stereocenters. The van der Waals surface area contributed by atoms with Crippen molar-refractivity contribution < 1.29 is 0 Å². The van der Waals surface area contributed by atoms with E-state index >= 15 is 0 Å². The normalized spacial score (nSPS) is 10.8. The Balaban J connectivity index is 2.19. The van der Waals surface area contributed by atoms with Crippen LogP contribution >= 0.6 is 12.6 Å². The third-order valence-corrected chi connectivity index (χ3v) is 2.97. The molecule has 1 nitrogen and oxygen atoms in total. The van der Waals surface area contributed by atoms with E-state index in [1.807, 2.05) is 24.3 Å². The van der Waals surface area contributed by atoms with Gasteiger partial charge < -0.3 is 4.98 Å². The van der Waals surface area contributed by atoms with Crippen LogP contribution in [0.25, 0.3) is 22.2 Å². The van der Waals surface area contributed by atoms with Gasteiger partial charge in [-0.25, -0.2) is 0 Å². The maximum absolute atomic E-state index is 4.34. The van der Waals surface area contributed by atoms with Crippen LogP contribution < -0.4 is 0 Å². The van der Waals surface area contributed by atoms with Gasteiger partial charge in [0.1, 0.15) is 0 Å². The summed E-state index contributed by atoms with van der Waals surface area (Å²) in [6.45, 7) is 0. The van der Waals surface area contributed by atoms with E-state index in [-0.39, 0.29) is 0 Å². The summed E-state index contributed by atoms with van der Waals surface area (Å²) in [5.41, 5.74) is 3.51. The second kappa shape index (κ2) is 3.72. The summed E-state index contributed by atoms with van der Waals surface area (Å²) >= 11 is 4.34. The topological polar surface area (TPSA) is 15.8 Å². The lowest BCUT2D eigenvalue weighted by Gasteiger charge is -1.94. The number of nitrogens with one attached hydrogen (secondary N) is 1. The van der Waals surface area contributed by atoms with Gasteiger partial charge in [-0.3, -0.25) is 0 Å². The van der Waals surface area contributed by atoms with Gasteiger partial charge >= 0.3 is 0 Å². The van der Waals surface area contributed by atoms with Gasteiger partial charge in [0, 0.05) is 21.5 Å². The van der Waals surface area contributed by atoms with Crippen molar-refractivity contribution in [3.63, 3.8) is 0 Å². The fourth-order valence-electron chi connectivity index (χ4n) is 1.89. The summed E-state index contributed by atoms with van der Waals surface area (Å²) in [5, 5.41) is 1.20. The van der Waals surface area contributed by atoms with Crippen LogP contribution in [0.2, 0.25) is 0 Å². The Morgan fingerprint density at radius 3 is 2.50 bits per heavy atom. The molecular formula is C14H11NS. The van der Waals surface area contributed by atoms with Crippen LogP contribution in [0.15, 0.2) is 59.5 Å². The smallest absolute Gasteiger partial charge is 0.0464 e. The molecule has 0 bridgehead atoms. The Bertz CT molecular complexity index is 626. The van der Waals surface area contributed by atoms with Crippen molar-refractivity contribution in [3.05, 3.63) is 54.6 Å². The van der Waals surface area contributed by atoms with E-state index in [4.69, 9.17) is 0 Å². The average Bonchev–Trinajstić information content (AvgIpc) is 2.73. The second-order valence-corrected chi connectivity index (χ2v) is 4.34. The average molecular weight is 225 g/mol. The molecule has 3 rings (SSSR count). The zero-order valence-electron chi connectivity index (χ0n) is 8.64. The highest BCUT2D eigenvalue weighted by atomic mass is 32.1. The highest BCUT2D eigenvalue weighted by Gasteiger charge is 2.02. The molecule has 0 saturated carbocycles. The number of thiol groups is 1. The van der Waals surface area contributed by atoms with Gasteiger partial charge in [-0.15, -0.1) is 12.6 Å². The summed E-state index contributed by atoms with van der Waals surface area (Å²) in [4.78, 5) is 4.40. The zero-order valence-corrected chi connectivity index (χ0v) is 9.54. The first-order valence-corrected chi connectivity index (χ1v) is 5.65. The number of fused-ring (bicyclic) bond motifs is 1. The Hall–Kier alpha value is -1.67. The number of hydrogen-bond acceptors (Lipinski definition) is 1. The van der Waals surface area contributed by atoms with Crippen molar-refractivity contribution in [2.45, 2.75) is 4.90 Å². The molecule has 0 saturated heterocycles. The molecule has 78 valence electrons. The van der Waals surface area contributed by atoms with Gasteiger partial charge in [0.2, 0.25) is 0 Å². The minimum absolute atomic E-state index is 0.992. The molecule has 2 heteroatoms. The fourth-order valence-corrected chi connectivity index (χ4v) is 2.11. The predicted molar refractivity (Wildman–Crippen MR) is 71.0 cm³/mol. The van der Waals surface area contributed by atoms with Gasteiger partial charge in [-0.05, 0) is 29.8 Å². The molecule has 3 aromatic rings. The minimum Gasteiger partial charge on any atom is -0.355 e. The summed E-state index contributed by atoms with van der Waals surface area (Å²) in [6.07, 6.45) is 0. The third kappa shape index (κ3) is 1.61. The zero-order chi connectivity index (χ0) is 11.0. The Labute approximate surface area is 99.5 Å². The van der Waals surface area contributed by atoms with Gasteiger partial charge in [-0.1, -0.05) is 30.3 Å². The molecular weight excluding hydrogens is 214 g/mol. The molecule has 0 fully saturated rings. The van der Waals surface area contributed by atoms with Gasteiger partial charge in [0.05, 0.1) is 0 Å². The molecule has 1 N–H and O–H groups in total. The van der Waals surface area contributed by atoms with Crippen LogP contribution in [0.3, 0.4) is 0 Å². The molecule has 0 atom stereocenters. The molecule has 0 aliphatic rings. The van der Waals surface area contributed by atoms with E-state index < -0.39 is 0 Å². The maximum Gasteiger partial charge on any atom is 0.0464 e. The molecule has 0 amide bonds. The standard InChI is InChI=1S/C14H11NS/c16-12-6-7-13-11(8-12)9-14(15-13)10-4-2-1-3-5-10/h1-9,15-16H. The fraction of sp³-hybridized carbons (Fsp3) is 0. The summed E-state index contributed by atoms with van der Waals surface area (Å²) in [5.74, 6) is 0. The monoisotopic (exact) mass is 225 g/mol. The predicted octanol–water partition coefficient (Wildman–Crippen LogP) is 4.12. The highest BCUT2D eigenvalue weighted by molar-refractivity contribution is 7.80. The molecule has 1 aromatic heterocycles. The summed E-state index contributed by atoms with van der Waals surface area (Å²) < 4.78 is 0. The summed E-state index contributed by atoms with van der Waals surface area (Å²) in [7, 11) is 0. The lowest BCUT2D eigenvalue weighted by Crippen LogP contribution is -1.74. The first-order chi connectivity index (χ1) is 7.83. The number of hydrogen-bond donors (Lipinski definition) is 2. The number of aromatic nitrogens is 1. The third-order valence-electron chi connectivity index (χ3n) is 2.69. The largest absolute Gasteiger partial charge is 0.355 e. The van der Waals surface area contributed by atoms with Crippen molar-refractivity contribution in [3.8, 4) is 11.3 Å². The van der Waals surface area contributed by atoms with Crippen LogP contribution in [0, 0.1) is 0 Å². The van der Waals surface area contributed by atoms with Crippen molar-refractivity contribution in [1.29, 1.82) is 0 Å². The first kappa shape index (κ1) is 9.55. The molecule has 0 radical (unpaired) electrons. The highest BCUT2D eigenvalue weighted by Crippen LogP contribution is 2.25. The number of rotatable bonds is 1. The lowest BCUT2D eigenvalue weighted by atomic mass is 10.1. The van der Waals surface area contributed by atoms with Crippen molar-refractivity contribution in [1.82, 2.24) is 4.98 Å². The van der Waals surface area contributed by atoms with Gasteiger partial charge in [-0.2, -0.15) is 0 Å². The summed E-state index contributed by atoms with van der Waals surface area (Å²) in [6, 6.07) is 18.6. The van der Waals surface area contributed by atoms with E-state index in [2.05, 4.69) is 47.9 Å². The Morgan fingerprint density at radius 2 is 1.69 bits per heavy atom. The molecule has 0 aliphatic carbocycles. The quantitative estimate of drug-likeness (QED) is 0.579. The second-order valence-electron chi connectivity index (χ2n) is 3.82. The van der Waals surface area contributed by atoms with E-state index in [1.165, 1.54) is 10.9 Å². The van der Waals surface area contributed by atoms with Gasteiger partial charge in [0.25, 0.3) is 0 Å².